The van der Waals surface area contributed by atoms with Crippen LogP contribution in [-0.4, -0.2) is 34.0 Å². The first kappa shape index (κ1) is 15.4. The van der Waals surface area contributed by atoms with E-state index >= 15 is 0 Å². The molecule has 4 rings (SSSR count). The number of benzene rings is 1. The molecular formula is C18H19N5O2. The molecule has 2 aromatic heterocycles. The maximum Gasteiger partial charge on any atom is 0.222 e. The maximum atomic E-state index is 5.60. The Balaban J connectivity index is 1.76. The van der Waals surface area contributed by atoms with Gasteiger partial charge in [-0.1, -0.05) is 6.07 Å². The van der Waals surface area contributed by atoms with Crippen molar-refractivity contribution >= 4 is 5.95 Å². The summed E-state index contributed by atoms with van der Waals surface area (Å²) in [6.45, 7) is 0. The number of hydrogen-bond donors (Lipinski definition) is 1. The number of anilines is 1. The Morgan fingerprint density at radius 1 is 1.20 bits per heavy atom. The average molecular weight is 337 g/mol. The van der Waals surface area contributed by atoms with Gasteiger partial charge in [0.25, 0.3) is 0 Å². The maximum absolute atomic E-state index is 5.60. The van der Waals surface area contributed by atoms with Crippen LogP contribution in [0.2, 0.25) is 0 Å². The third-order valence-corrected chi connectivity index (χ3v) is 4.52. The van der Waals surface area contributed by atoms with E-state index in [4.69, 9.17) is 9.47 Å². The molecule has 1 N–H and O–H groups in total. The molecule has 3 aromatic rings. The molecule has 0 aliphatic carbocycles. The first-order chi connectivity index (χ1) is 12.3. The van der Waals surface area contributed by atoms with E-state index in [0.717, 1.165) is 35.0 Å². The Morgan fingerprint density at radius 2 is 2.12 bits per heavy atom. The van der Waals surface area contributed by atoms with Crippen LogP contribution in [0.15, 0.2) is 49.1 Å². The largest absolute Gasteiger partial charge is 0.497 e. The smallest absolute Gasteiger partial charge is 0.222 e. The second-order valence-corrected chi connectivity index (χ2v) is 5.87. The lowest BCUT2D eigenvalue weighted by molar-refractivity contribution is 0.371. The minimum Gasteiger partial charge on any atom is -0.497 e. The van der Waals surface area contributed by atoms with Gasteiger partial charge in [0.1, 0.15) is 17.8 Å². The number of rotatable bonds is 4. The summed E-state index contributed by atoms with van der Waals surface area (Å²) in [5.41, 5.74) is 2.17. The van der Waals surface area contributed by atoms with Gasteiger partial charge in [0.05, 0.1) is 26.3 Å². The molecule has 0 fully saturated rings. The topological polar surface area (TPSA) is 74.1 Å². The van der Waals surface area contributed by atoms with Crippen molar-refractivity contribution in [3.8, 4) is 11.5 Å². The summed E-state index contributed by atoms with van der Waals surface area (Å²) in [5.74, 6) is 2.28. The van der Waals surface area contributed by atoms with E-state index in [1.807, 2.05) is 35.1 Å². The number of ether oxygens (including phenoxy) is 2. The number of aromatic nitrogens is 4. The Hall–Kier alpha value is -3.09. The highest BCUT2D eigenvalue weighted by atomic mass is 16.5. The van der Waals surface area contributed by atoms with Crippen LogP contribution in [0.5, 0.6) is 11.5 Å². The number of methoxy groups -OCH3 is 2. The van der Waals surface area contributed by atoms with E-state index in [0.29, 0.717) is 0 Å². The number of hydrogen-bond acceptors (Lipinski definition) is 6. The molecule has 25 heavy (non-hydrogen) atoms. The van der Waals surface area contributed by atoms with Crippen molar-refractivity contribution < 1.29 is 9.47 Å². The van der Waals surface area contributed by atoms with Crippen LogP contribution in [0.3, 0.4) is 0 Å². The monoisotopic (exact) mass is 337 g/mol. The summed E-state index contributed by atoms with van der Waals surface area (Å²) in [6.07, 6.45) is 6.03. The van der Waals surface area contributed by atoms with Crippen LogP contribution in [0, 0.1) is 0 Å². The van der Waals surface area contributed by atoms with Gasteiger partial charge in [-0.25, -0.2) is 4.68 Å². The van der Waals surface area contributed by atoms with Crippen molar-refractivity contribution in [3.05, 3.63) is 60.2 Å². The van der Waals surface area contributed by atoms with Crippen LogP contribution in [0.1, 0.15) is 29.6 Å². The van der Waals surface area contributed by atoms with Crippen LogP contribution >= 0.6 is 0 Å². The summed E-state index contributed by atoms with van der Waals surface area (Å²) in [7, 11) is 3.31. The molecule has 0 saturated heterocycles. The van der Waals surface area contributed by atoms with E-state index in [1.165, 1.54) is 0 Å². The summed E-state index contributed by atoms with van der Waals surface area (Å²) < 4.78 is 12.8. The van der Waals surface area contributed by atoms with Gasteiger partial charge in [-0.15, -0.1) is 0 Å². The highest BCUT2D eigenvalue weighted by Gasteiger charge is 2.31. The van der Waals surface area contributed by atoms with Crippen molar-refractivity contribution in [1.82, 2.24) is 19.7 Å². The Labute approximate surface area is 145 Å². The van der Waals surface area contributed by atoms with E-state index in [-0.39, 0.29) is 12.1 Å². The summed E-state index contributed by atoms with van der Waals surface area (Å²) in [6, 6.07) is 9.98. The van der Waals surface area contributed by atoms with Gasteiger partial charge in [-0.05, 0) is 30.2 Å². The zero-order chi connectivity index (χ0) is 17.2. The van der Waals surface area contributed by atoms with Crippen molar-refractivity contribution in [3.63, 3.8) is 0 Å². The minimum absolute atomic E-state index is 0.00446. The van der Waals surface area contributed by atoms with Gasteiger partial charge in [0, 0.05) is 24.0 Å². The van der Waals surface area contributed by atoms with Crippen LogP contribution < -0.4 is 14.8 Å². The summed E-state index contributed by atoms with van der Waals surface area (Å²) in [4.78, 5) is 8.59. The molecule has 1 aromatic carbocycles. The zero-order valence-electron chi connectivity index (χ0n) is 14.1. The second kappa shape index (κ2) is 6.43. The fraction of sp³-hybridized carbons (Fsp3) is 0.278. The molecule has 128 valence electrons. The number of fused-ring (bicyclic) bond motifs is 1. The lowest BCUT2D eigenvalue weighted by Crippen LogP contribution is -2.28. The molecular weight excluding hydrogens is 318 g/mol. The van der Waals surface area contributed by atoms with E-state index < -0.39 is 0 Å². The van der Waals surface area contributed by atoms with Crippen molar-refractivity contribution in [2.75, 3.05) is 19.5 Å². The minimum atomic E-state index is 0.00446. The highest BCUT2D eigenvalue weighted by Crippen LogP contribution is 2.41. The SMILES string of the molecule is COc1ccc([C@H]2C[C@@H](c3cccnc3)Nc3ncnn32)c(OC)c1. The number of pyridine rings is 1. The summed E-state index contributed by atoms with van der Waals surface area (Å²) >= 11 is 0. The van der Waals surface area contributed by atoms with Crippen molar-refractivity contribution in [2.45, 2.75) is 18.5 Å². The molecule has 0 unspecified atom stereocenters. The molecule has 0 radical (unpaired) electrons. The van der Waals surface area contributed by atoms with Gasteiger partial charge in [-0.2, -0.15) is 10.1 Å². The Morgan fingerprint density at radius 3 is 2.88 bits per heavy atom. The quantitative estimate of drug-likeness (QED) is 0.789. The zero-order valence-corrected chi connectivity index (χ0v) is 14.1. The van der Waals surface area contributed by atoms with E-state index in [9.17, 15) is 0 Å². The molecule has 0 amide bonds. The third-order valence-electron chi connectivity index (χ3n) is 4.52. The molecule has 7 heteroatoms. The van der Waals surface area contributed by atoms with Gasteiger partial charge < -0.3 is 14.8 Å². The summed E-state index contributed by atoms with van der Waals surface area (Å²) in [5, 5.41) is 7.84. The van der Waals surface area contributed by atoms with Gasteiger partial charge in [-0.3, -0.25) is 4.98 Å². The highest BCUT2D eigenvalue weighted by molar-refractivity contribution is 5.45. The molecule has 0 spiro atoms. The molecule has 1 aliphatic heterocycles. The number of nitrogens with one attached hydrogen (secondary N) is 1. The number of nitrogens with zero attached hydrogens (tertiary/aromatic N) is 4. The normalized spacial score (nSPS) is 19.0. The Kier molecular flexibility index (Phi) is 3.97. The van der Waals surface area contributed by atoms with E-state index in [2.05, 4.69) is 26.4 Å². The molecule has 1 aliphatic rings. The predicted molar refractivity (Wildman–Crippen MR) is 92.9 cm³/mol. The van der Waals surface area contributed by atoms with Gasteiger partial charge in [0.15, 0.2) is 0 Å². The van der Waals surface area contributed by atoms with E-state index in [1.54, 1.807) is 26.7 Å². The van der Waals surface area contributed by atoms with Crippen LogP contribution in [0.25, 0.3) is 0 Å². The Bertz CT molecular complexity index is 865. The second-order valence-electron chi connectivity index (χ2n) is 5.87. The third kappa shape index (κ3) is 2.77. The molecule has 0 saturated carbocycles. The first-order valence-electron chi connectivity index (χ1n) is 8.08. The van der Waals surface area contributed by atoms with Crippen molar-refractivity contribution in [2.24, 2.45) is 0 Å². The first-order valence-corrected chi connectivity index (χ1v) is 8.08. The van der Waals surface area contributed by atoms with Gasteiger partial charge in [0.2, 0.25) is 5.95 Å². The van der Waals surface area contributed by atoms with Crippen molar-refractivity contribution in [1.29, 1.82) is 0 Å². The fourth-order valence-corrected chi connectivity index (χ4v) is 3.27. The van der Waals surface area contributed by atoms with Crippen LogP contribution in [-0.2, 0) is 0 Å². The lowest BCUT2D eigenvalue weighted by Gasteiger charge is -2.32. The molecule has 7 nitrogen and oxygen atoms in total. The standard InChI is InChI=1S/C18H19N5O2/c1-24-13-5-6-14(17(8-13)25-2)16-9-15(12-4-3-7-19-10-12)22-18-20-11-21-23(16)18/h3-8,10-11,15-16H,9H2,1-2H3,(H,20,21,22)/t15-,16+/m0/s1. The molecule has 3 heterocycles. The van der Waals surface area contributed by atoms with Crippen LogP contribution in [0.4, 0.5) is 5.95 Å². The molecule has 0 bridgehead atoms. The predicted octanol–water partition coefficient (Wildman–Crippen LogP) is 2.84. The lowest BCUT2D eigenvalue weighted by atomic mass is 9.93. The van der Waals surface area contributed by atoms with Gasteiger partial charge >= 0.3 is 0 Å². The molecule has 2 atom stereocenters. The average Bonchev–Trinajstić information content (AvgIpc) is 3.16. The fourth-order valence-electron chi connectivity index (χ4n) is 3.27.